The highest BCUT2D eigenvalue weighted by molar-refractivity contribution is 6.32. The molecule has 0 bridgehead atoms. The zero-order valence-corrected chi connectivity index (χ0v) is 19.4. The topological polar surface area (TPSA) is 100 Å². The first-order valence-corrected chi connectivity index (χ1v) is 11.5. The molecule has 2 aromatic rings. The highest BCUT2D eigenvalue weighted by Crippen LogP contribution is 2.26. The number of hydrogen-bond acceptors (Lipinski definition) is 8. The monoisotopic (exact) mass is 462 g/mol. The Morgan fingerprint density at radius 3 is 3.00 bits per heavy atom. The Morgan fingerprint density at radius 1 is 1.31 bits per heavy atom. The van der Waals surface area contributed by atoms with E-state index in [9.17, 15) is 4.79 Å². The molecule has 0 aromatic carbocycles. The van der Waals surface area contributed by atoms with Crippen LogP contribution in [-0.4, -0.2) is 88.4 Å². The number of carbonyl (C=O) groups is 1. The largest absolute Gasteiger partial charge is 0.379 e. The molecule has 174 valence electrons. The summed E-state index contributed by atoms with van der Waals surface area (Å²) in [5, 5.41) is 11.7. The Balaban J connectivity index is 1.32. The van der Waals surface area contributed by atoms with E-state index in [1.54, 1.807) is 6.20 Å². The van der Waals surface area contributed by atoms with E-state index in [1.807, 2.05) is 22.7 Å². The Bertz CT molecular complexity index is 937. The summed E-state index contributed by atoms with van der Waals surface area (Å²) in [6.07, 6.45) is 5.94. The first-order chi connectivity index (χ1) is 15.5. The zero-order chi connectivity index (χ0) is 22.5. The van der Waals surface area contributed by atoms with Gasteiger partial charge in [-0.2, -0.15) is 10.1 Å². The summed E-state index contributed by atoms with van der Waals surface area (Å²) in [6.45, 7) is 7.14. The molecule has 10 nitrogen and oxygen atoms in total. The van der Waals surface area contributed by atoms with Crippen LogP contribution in [0.2, 0.25) is 5.02 Å². The second-order valence-electron chi connectivity index (χ2n) is 8.35. The number of hydrogen-bond donors (Lipinski definition) is 2. The quantitative estimate of drug-likeness (QED) is 0.576. The van der Waals surface area contributed by atoms with Crippen LogP contribution in [-0.2, 0) is 9.53 Å². The van der Waals surface area contributed by atoms with E-state index >= 15 is 0 Å². The fourth-order valence-electron chi connectivity index (χ4n) is 4.02. The maximum atomic E-state index is 12.0. The molecule has 2 N–H and O–H groups in total. The van der Waals surface area contributed by atoms with E-state index in [4.69, 9.17) is 16.3 Å². The molecular formula is C21H31ClN8O2. The molecule has 0 radical (unpaired) electrons. The van der Waals surface area contributed by atoms with Crippen molar-refractivity contribution in [3.05, 3.63) is 23.1 Å². The fraction of sp³-hybridized carbons (Fsp3) is 0.619. The molecule has 2 aliphatic heterocycles. The Hall–Kier alpha value is -2.43. The summed E-state index contributed by atoms with van der Waals surface area (Å²) >= 11 is 6.29. The lowest BCUT2D eigenvalue weighted by Crippen LogP contribution is -2.33. The minimum Gasteiger partial charge on any atom is -0.379 e. The van der Waals surface area contributed by atoms with E-state index in [0.29, 0.717) is 62.1 Å². The van der Waals surface area contributed by atoms with Crippen LogP contribution in [0.15, 0.2) is 12.4 Å². The molecule has 1 unspecified atom stereocenters. The van der Waals surface area contributed by atoms with Crippen LogP contribution < -0.4 is 10.6 Å². The van der Waals surface area contributed by atoms with Crippen molar-refractivity contribution in [3.63, 3.8) is 0 Å². The average molecular weight is 463 g/mol. The maximum Gasteiger partial charge on any atom is 0.229 e. The predicted molar refractivity (Wildman–Crippen MR) is 124 cm³/mol. The summed E-state index contributed by atoms with van der Waals surface area (Å²) in [4.78, 5) is 25.1. The van der Waals surface area contributed by atoms with Gasteiger partial charge >= 0.3 is 0 Å². The number of aromatic nitrogens is 4. The molecule has 2 aromatic heterocycles. The second-order valence-corrected chi connectivity index (χ2v) is 8.76. The lowest BCUT2D eigenvalue weighted by Gasteiger charge is -2.19. The summed E-state index contributed by atoms with van der Waals surface area (Å²) in [5.41, 5.74) is 1.79. The average Bonchev–Trinajstić information content (AvgIpc) is 3.30. The number of carbonyl (C=O) groups excluding carboxylic acids is 1. The summed E-state index contributed by atoms with van der Waals surface area (Å²) in [6, 6.07) is 0.389. The summed E-state index contributed by atoms with van der Waals surface area (Å²) in [7, 11) is 2.13. The first kappa shape index (κ1) is 22.8. The van der Waals surface area contributed by atoms with Gasteiger partial charge in [-0.15, -0.1) is 0 Å². The number of halogens is 1. The molecule has 0 spiro atoms. The Labute approximate surface area is 193 Å². The van der Waals surface area contributed by atoms with Crippen molar-refractivity contribution in [3.8, 4) is 0 Å². The van der Waals surface area contributed by atoms with Crippen molar-refractivity contribution in [2.24, 2.45) is 0 Å². The first-order valence-electron chi connectivity index (χ1n) is 11.1. The van der Waals surface area contributed by atoms with Gasteiger partial charge in [-0.3, -0.25) is 9.48 Å². The molecule has 4 heterocycles. The van der Waals surface area contributed by atoms with Gasteiger partial charge in [-0.05, 0) is 33.4 Å². The number of likely N-dealkylation sites (N-methyl/N-ethyl adjacent to an activating group) is 1. The van der Waals surface area contributed by atoms with Crippen LogP contribution in [0.1, 0.15) is 31.0 Å². The highest BCUT2D eigenvalue weighted by Gasteiger charge is 2.23. The second kappa shape index (κ2) is 10.5. The number of amides is 1. The van der Waals surface area contributed by atoms with Crippen molar-refractivity contribution < 1.29 is 9.53 Å². The maximum absolute atomic E-state index is 12.0. The number of rotatable bonds is 8. The van der Waals surface area contributed by atoms with Gasteiger partial charge in [0.1, 0.15) is 10.8 Å². The Morgan fingerprint density at radius 2 is 2.19 bits per heavy atom. The van der Waals surface area contributed by atoms with E-state index in [2.05, 4.69) is 37.6 Å². The van der Waals surface area contributed by atoms with E-state index in [-0.39, 0.29) is 5.91 Å². The van der Waals surface area contributed by atoms with Gasteiger partial charge in [-0.1, -0.05) is 11.6 Å². The molecule has 2 saturated heterocycles. The number of ether oxygens (including phenoxy) is 1. The van der Waals surface area contributed by atoms with Crippen molar-refractivity contribution in [1.29, 1.82) is 0 Å². The highest BCUT2D eigenvalue weighted by atomic mass is 35.5. The molecule has 0 saturated carbocycles. The number of likely N-dealkylation sites (tertiary alicyclic amines) is 1. The molecule has 0 aliphatic carbocycles. The van der Waals surface area contributed by atoms with Gasteiger partial charge in [0.25, 0.3) is 0 Å². The van der Waals surface area contributed by atoms with Crippen LogP contribution in [0.4, 0.5) is 17.5 Å². The minimum absolute atomic E-state index is 0.147. The number of anilines is 3. The molecule has 2 fully saturated rings. The van der Waals surface area contributed by atoms with Crippen molar-refractivity contribution in [1.82, 2.24) is 29.5 Å². The fourth-order valence-corrected chi connectivity index (χ4v) is 4.18. The number of nitrogens with one attached hydrogen (secondary N) is 2. The molecule has 4 rings (SSSR count). The van der Waals surface area contributed by atoms with Crippen molar-refractivity contribution in [2.45, 2.75) is 32.2 Å². The van der Waals surface area contributed by atoms with E-state index < -0.39 is 0 Å². The van der Waals surface area contributed by atoms with Crippen LogP contribution in [0.3, 0.4) is 0 Å². The molecule has 2 aliphatic rings. The number of aryl methyl sites for hydroxylation is 1. The SMILES string of the molecule is Cc1nn(C2CCN(C)C2)cc1Nc1ncc(Cl)c(NCCCN2CCOCCC2=O)n1. The van der Waals surface area contributed by atoms with Gasteiger partial charge in [0.05, 0.1) is 43.3 Å². The number of nitrogens with zero attached hydrogens (tertiary/aromatic N) is 6. The van der Waals surface area contributed by atoms with Gasteiger partial charge in [-0.25, -0.2) is 4.98 Å². The van der Waals surface area contributed by atoms with E-state index in [1.165, 1.54) is 0 Å². The molecular weight excluding hydrogens is 432 g/mol. The van der Waals surface area contributed by atoms with Crippen molar-refractivity contribution >= 4 is 35.0 Å². The summed E-state index contributed by atoms with van der Waals surface area (Å²) < 4.78 is 7.40. The summed E-state index contributed by atoms with van der Waals surface area (Å²) in [5.74, 6) is 1.18. The van der Waals surface area contributed by atoms with Crippen molar-refractivity contribution in [2.75, 3.05) is 63.6 Å². The van der Waals surface area contributed by atoms with Crippen LogP contribution in [0.5, 0.6) is 0 Å². The van der Waals surface area contributed by atoms with Gasteiger partial charge in [0.15, 0.2) is 0 Å². The van der Waals surface area contributed by atoms with Gasteiger partial charge in [0, 0.05) is 32.4 Å². The molecule has 1 amide bonds. The standard InChI is InChI=1S/C21H31ClN8O2/c1-15-18(14-30(27-15)16-4-8-28(2)13-16)25-21-24-12-17(22)20(26-21)23-6-3-7-29-9-11-32-10-5-19(29)31/h12,14,16H,3-11,13H2,1-2H3,(H2,23,24,25,26). The minimum atomic E-state index is 0.147. The molecule has 11 heteroatoms. The van der Waals surface area contributed by atoms with Gasteiger partial charge < -0.3 is 25.2 Å². The third-order valence-corrected chi connectivity index (χ3v) is 6.14. The van der Waals surface area contributed by atoms with Gasteiger partial charge in [0.2, 0.25) is 11.9 Å². The van der Waals surface area contributed by atoms with E-state index in [0.717, 1.165) is 37.3 Å². The Kier molecular flexibility index (Phi) is 7.44. The third kappa shape index (κ3) is 5.67. The normalized spacial score (nSPS) is 19.9. The lowest BCUT2D eigenvalue weighted by molar-refractivity contribution is -0.130. The molecule has 32 heavy (non-hydrogen) atoms. The predicted octanol–water partition coefficient (Wildman–Crippen LogP) is 2.31. The smallest absolute Gasteiger partial charge is 0.229 e. The third-order valence-electron chi connectivity index (χ3n) is 5.86. The lowest BCUT2D eigenvalue weighted by atomic mass is 10.3. The van der Waals surface area contributed by atoms with Crippen LogP contribution >= 0.6 is 11.6 Å². The van der Waals surface area contributed by atoms with Crippen LogP contribution in [0, 0.1) is 6.92 Å². The molecule has 1 atom stereocenters. The zero-order valence-electron chi connectivity index (χ0n) is 18.7. The van der Waals surface area contributed by atoms with Crippen LogP contribution in [0.25, 0.3) is 0 Å².